The second-order valence-corrected chi connectivity index (χ2v) is 6.61. The van der Waals surface area contributed by atoms with E-state index in [0.29, 0.717) is 21.9 Å². The number of halogens is 2. The van der Waals surface area contributed by atoms with Crippen molar-refractivity contribution in [3.05, 3.63) is 33.8 Å². The Hall–Kier alpha value is -0.240. The van der Waals surface area contributed by atoms with Crippen LogP contribution in [0.4, 0.5) is 0 Å². The summed E-state index contributed by atoms with van der Waals surface area (Å²) >= 11 is 12.1. The summed E-state index contributed by atoms with van der Waals surface area (Å²) in [5, 5.41) is 1.29. The van der Waals surface area contributed by atoms with Gasteiger partial charge >= 0.3 is 0 Å². The van der Waals surface area contributed by atoms with E-state index in [-0.39, 0.29) is 0 Å². The van der Waals surface area contributed by atoms with Crippen LogP contribution in [0.25, 0.3) is 0 Å². The van der Waals surface area contributed by atoms with Gasteiger partial charge in [0.1, 0.15) is 0 Å². The second-order valence-electron chi connectivity index (χ2n) is 5.80. The molecule has 0 amide bonds. The van der Waals surface area contributed by atoms with Crippen LogP contribution in [-0.2, 0) is 6.42 Å². The van der Waals surface area contributed by atoms with E-state index >= 15 is 0 Å². The van der Waals surface area contributed by atoms with Crippen LogP contribution in [0.15, 0.2) is 18.2 Å². The first kappa shape index (κ1) is 15.2. The molecule has 0 aliphatic heterocycles. The van der Waals surface area contributed by atoms with Gasteiger partial charge in [0.2, 0.25) is 0 Å². The van der Waals surface area contributed by atoms with Gasteiger partial charge in [0.05, 0.1) is 10.0 Å². The minimum absolute atomic E-state index is 0.635. The molecule has 0 radical (unpaired) electrons. The number of nitrogens with two attached hydrogens (primary N) is 1. The normalized spacial score (nSPS) is 27.5. The van der Waals surface area contributed by atoms with E-state index in [0.717, 1.165) is 18.9 Å². The fourth-order valence-corrected chi connectivity index (χ4v) is 3.65. The first-order valence-corrected chi connectivity index (χ1v) is 8.03. The highest BCUT2D eigenvalue weighted by Gasteiger charge is 2.28. The minimum atomic E-state index is 0.635. The molecule has 3 heteroatoms. The Labute approximate surface area is 126 Å². The number of rotatable bonds is 4. The number of hydrogen-bond donors (Lipinski definition) is 1. The zero-order chi connectivity index (χ0) is 13.8. The third kappa shape index (κ3) is 3.87. The van der Waals surface area contributed by atoms with E-state index in [9.17, 15) is 0 Å². The average Bonchev–Trinajstić information content (AvgIpc) is 2.43. The Morgan fingerprint density at radius 1 is 1.16 bits per heavy atom. The van der Waals surface area contributed by atoms with Crippen molar-refractivity contribution in [2.24, 2.45) is 23.5 Å². The maximum Gasteiger partial charge on any atom is 0.0595 e. The summed E-state index contributed by atoms with van der Waals surface area (Å²) in [4.78, 5) is 0. The molecule has 3 atom stereocenters. The molecule has 0 spiro atoms. The van der Waals surface area contributed by atoms with Crippen molar-refractivity contribution in [1.29, 1.82) is 0 Å². The molecule has 1 aromatic carbocycles. The van der Waals surface area contributed by atoms with E-state index in [1.807, 2.05) is 12.1 Å². The summed E-state index contributed by atoms with van der Waals surface area (Å²) in [5.74, 6) is 2.23. The quantitative estimate of drug-likeness (QED) is 0.837. The highest BCUT2D eigenvalue weighted by atomic mass is 35.5. The van der Waals surface area contributed by atoms with Crippen molar-refractivity contribution in [3.8, 4) is 0 Å². The van der Waals surface area contributed by atoms with E-state index in [2.05, 4.69) is 13.0 Å². The summed E-state index contributed by atoms with van der Waals surface area (Å²) in [7, 11) is 0. The molecule has 1 saturated carbocycles. The fraction of sp³-hybridized carbons (Fsp3) is 0.625. The maximum atomic E-state index is 6.10. The zero-order valence-electron chi connectivity index (χ0n) is 11.5. The van der Waals surface area contributed by atoms with Gasteiger partial charge in [-0.2, -0.15) is 0 Å². The molecule has 1 fully saturated rings. The molecule has 2 rings (SSSR count). The van der Waals surface area contributed by atoms with Gasteiger partial charge in [-0.05, 0) is 61.3 Å². The van der Waals surface area contributed by atoms with Gasteiger partial charge in [0.15, 0.2) is 0 Å². The van der Waals surface area contributed by atoms with Crippen molar-refractivity contribution >= 4 is 23.2 Å². The molecule has 0 bridgehead atoms. The van der Waals surface area contributed by atoms with Crippen LogP contribution in [0.1, 0.15) is 38.2 Å². The number of benzene rings is 1. The van der Waals surface area contributed by atoms with Crippen LogP contribution in [0.3, 0.4) is 0 Å². The van der Waals surface area contributed by atoms with Gasteiger partial charge in [-0.3, -0.25) is 0 Å². The highest BCUT2D eigenvalue weighted by Crippen LogP contribution is 2.37. The Balaban J connectivity index is 2.07. The van der Waals surface area contributed by atoms with Crippen LogP contribution in [0, 0.1) is 17.8 Å². The van der Waals surface area contributed by atoms with Gasteiger partial charge < -0.3 is 5.73 Å². The number of hydrogen-bond acceptors (Lipinski definition) is 1. The summed E-state index contributed by atoms with van der Waals surface area (Å²) < 4.78 is 0. The standard InChI is InChI=1S/C16H23Cl2N/c1-2-11-3-5-13(10-19)14(7-11)8-12-4-6-15(17)16(18)9-12/h4,6,9,11,13-14H,2-3,5,7-8,10,19H2,1H3. The first-order valence-electron chi connectivity index (χ1n) is 7.28. The van der Waals surface area contributed by atoms with Crippen molar-refractivity contribution in [2.75, 3.05) is 6.54 Å². The monoisotopic (exact) mass is 299 g/mol. The molecule has 0 heterocycles. The molecular formula is C16H23Cl2N. The van der Waals surface area contributed by atoms with Crippen LogP contribution in [0.5, 0.6) is 0 Å². The molecular weight excluding hydrogens is 277 g/mol. The van der Waals surface area contributed by atoms with Gasteiger partial charge in [0, 0.05) is 0 Å². The highest BCUT2D eigenvalue weighted by molar-refractivity contribution is 6.42. The van der Waals surface area contributed by atoms with Gasteiger partial charge in [0.25, 0.3) is 0 Å². The molecule has 1 aromatic rings. The van der Waals surface area contributed by atoms with Crippen molar-refractivity contribution < 1.29 is 0 Å². The lowest BCUT2D eigenvalue weighted by Gasteiger charge is -2.35. The van der Waals surface area contributed by atoms with Gasteiger partial charge in [-0.25, -0.2) is 0 Å². The summed E-state index contributed by atoms with van der Waals surface area (Å²) in [6, 6.07) is 6.00. The van der Waals surface area contributed by atoms with Crippen LogP contribution < -0.4 is 5.73 Å². The van der Waals surface area contributed by atoms with Crippen LogP contribution in [-0.4, -0.2) is 6.54 Å². The smallest absolute Gasteiger partial charge is 0.0595 e. The average molecular weight is 300 g/mol. The fourth-order valence-electron chi connectivity index (χ4n) is 3.32. The summed E-state index contributed by atoms with van der Waals surface area (Å²) in [6.07, 6.45) is 6.29. The Bertz CT molecular complexity index is 419. The van der Waals surface area contributed by atoms with E-state index in [1.54, 1.807) is 0 Å². The molecule has 1 aliphatic carbocycles. The predicted molar refractivity (Wildman–Crippen MR) is 83.8 cm³/mol. The summed E-state index contributed by atoms with van der Waals surface area (Å²) in [5.41, 5.74) is 7.23. The molecule has 1 aliphatic rings. The predicted octanol–water partition coefficient (Wildman–Crippen LogP) is 4.94. The summed E-state index contributed by atoms with van der Waals surface area (Å²) in [6.45, 7) is 3.10. The zero-order valence-corrected chi connectivity index (χ0v) is 13.1. The molecule has 2 N–H and O–H groups in total. The Morgan fingerprint density at radius 3 is 2.58 bits per heavy atom. The topological polar surface area (TPSA) is 26.0 Å². The van der Waals surface area contributed by atoms with Gasteiger partial charge in [-0.1, -0.05) is 49.0 Å². The van der Waals surface area contributed by atoms with Crippen molar-refractivity contribution in [1.82, 2.24) is 0 Å². The molecule has 106 valence electrons. The maximum absolute atomic E-state index is 6.10. The van der Waals surface area contributed by atoms with Crippen molar-refractivity contribution in [3.63, 3.8) is 0 Å². The first-order chi connectivity index (χ1) is 9.13. The van der Waals surface area contributed by atoms with E-state index in [4.69, 9.17) is 28.9 Å². The second kappa shape index (κ2) is 6.97. The molecule has 3 unspecified atom stereocenters. The van der Waals surface area contributed by atoms with Gasteiger partial charge in [-0.15, -0.1) is 0 Å². The SMILES string of the molecule is CCC1CCC(CN)C(Cc2ccc(Cl)c(Cl)c2)C1. The molecule has 0 aromatic heterocycles. The Morgan fingerprint density at radius 2 is 1.95 bits per heavy atom. The van der Waals surface area contributed by atoms with Crippen molar-refractivity contribution in [2.45, 2.75) is 39.0 Å². The lowest BCUT2D eigenvalue weighted by molar-refractivity contribution is 0.180. The third-order valence-electron chi connectivity index (χ3n) is 4.61. The lowest BCUT2D eigenvalue weighted by Crippen LogP contribution is -2.31. The minimum Gasteiger partial charge on any atom is -0.330 e. The molecule has 0 saturated heterocycles. The van der Waals surface area contributed by atoms with Crippen LogP contribution in [0.2, 0.25) is 10.0 Å². The largest absolute Gasteiger partial charge is 0.330 e. The van der Waals surface area contributed by atoms with E-state index < -0.39 is 0 Å². The third-order valence-corrected chi connectivity index (χ3v) is 5.35. The molecule has 19 heavy (non-hydrogen) atoms. The lowest BCUT2D eigenvalue weighted by atomic mass is 9.71. The van der Waals surface area contributed by atoms with Crippen LogP contribution >= 0.6 is 23.2 Å². The Kier molecular flexibility index (Phi) is 5.56. The van der Waals surface area contributed by atoms with E-state index in [1.165, 1.54) is 31.2 Å². The molecule has 1 nitrogen and oxygen atoms in total.